The first-order valence-corrected chi connectivity index (χ1v) is 15.7. The predicted octanol–water partition coefficient (Wildman–Crippen LogP) is 7.38. The van der Waals surface area contributed by atoms with Gasteiger partial charge in [-0.1, -0.05) is 65.8 Å². The SMILES string of the molecule is COc1c(O[Si](C(C)C)(C(C)C)C(C)C)cccc1C(O)C1CCN(CCc2ccc(F)cc2)CC1. The lowest BCUT2D eigenvalue weighted by atomic mass is 9.87. The number of halogens is 1. The molecule has 6 heteroatoms. The lowest BCUT2D eigenvalue weighted by Crippen LogP contribution is -2.50. The van der Waals surface area contributed by atoms with E-state index in [2.05, 4.69) is 46.4 Å². The van der Waals surface area contributed by atoms with E-state index in [0.29, 0.717) is 22.4 Å². The monoisotopic (exact) mass is 515 g/mol. The number of hydrogen-bond acceptors (Lipinski definition) is 4. The minimum atomic E-state index is -2.15. The molecule has 0 bridgehead atoms. The Bertz CT molecular complexity index is 933. The summed E-state index contributed by atoms with van der Waals surface area (Å²) in [4.78, 5) is 2.44. The van der Waals surface area contributed by atoms with Crippen LogP contribution in [-0.2, 0) is 6.42 Å². The molecule has 3 rings (SSSR count). The fourth-order valence-corrected chi connectivity index (χ4v) is 11.5. The Labute approximate surface area is 219 Å². The minimum absolute atomic E-state index is 0.179. The molecule has 0 saturated carbocycles. The fourth-order valence-electron chi connectivity index (χ4n) is 6.29. The summed E-state index contributed by atoms with van der Waals surface area (Å²) in [5.41, 5.74) is 3.35. The van der Waals surface area contributed by atoms with Crippen LogP contribution < -0.4 is 9.16 Å². The minimum Gasteiger partial charge on any atom is -0.540 e. The normalized spacial score (nSPS) is 16.7. The molecule has 1 heterocycles. The van der Waals surface area contributed by atoms with Crippen LogP contribution in [-0.4, -0.2) is 45.1 Å². The topological polar surface area (TPSA) is 41.9 Å². The van der Waals surface area contributed by atoms with E-state index in [-0.39, 0.29) is 11.7 Å². The summed E-state index contributed by atoms with van der Waals surface area (Å²) in [6, 6.07) is 12.8. The molecule has 1 N–H and O–H groups in total. The highest BCUT2D eigenvalue weighted by molar-refractivity contribution is 6.78. The molecule has 2 aromatic carbocycles. The number of nitrogens with zero attached hydrogens (tertiary/aromatic N) is 1. The van der Waals surface area contributed by atoms with E-state index in [1.54, 1.807) is 7.11 Å². The maximum absolute atomic E-state index is 13.2. The number of likely N-dealkylation sites (tertiary alicyclic amines) is 1. The molecule has 0 amide bonds. The number of aliphatic hydroxyl groups excluding tert-OH is 1. The van der Waals surface area contributed by atoms with Crippen LogP contribution in [0.3, 0.4) is 0 Å². The molecule has 1 aliphatic heterocycles. The number of benzene rings is 2. The average Bonchev–Trinajstić information content (AvgIpc) is 2.85. The van der Waals surface area contributed by atoms with Gasteiger partial charge in [-0.3, -0.25) is 0 Å². The number of aliphatic hydroxyl groups is 1. The van der Waals surface area contributed by atoms with Gasteiger partial charge < -0.3 is 19.2 Å². The first kappa shape index (κ1) is 28.7. The lowest BCUT2D eigenvalue weighted by Gasteiger charge is -2.42. The van der Waals surface area contributed by atoms with Gasteiger partial charge in [-0.25, -0.2) is 4.39 Å². The molecule has 4 nitrogen and oxygen atoms in total. The summed E-state index contributed by atoms with van der Waals surface area (Å²) in [7, 11) is -0.472. The van der Waals surface area contributed by atoms with Crippen LogP contribution in [0.25, 0.3) is 0 Å². The largest absolute Gasteiger partial charge is 0.540 e. The van der Waals surface area contributed by atoms with Crippen molar-refractivity contribution in [2.45, 2.75) is 83.5 Å². The van der Waals surface area contributed by atoms with E-state index in [1.165, 1.54) is 12.1 Å². The van der Waals surface area contributed by atoms with Crippen molar-refractivity contribution in [3.05, 3.63) is 59.4 Å². The zero-order valence-corrected chi connectivity index (χ0v) is 24.3. The highest BCUT2D eigenvalue weighted by Crippen LogP contribution is 2.47. The second-order valence-electron chi connectivity index (χ2n) is 11.3. The molecule has 2 aromatic rings. The third kappa shape index (κ3) is 6.32. The molecule has 1 aliphatic rings. The fraction of sp³-hybridized carbons (Fsp3) is 0.600. The van der Waals surface area contributed by atoms with Gasteiger partial charge in [0.2, 0.25) is 0 Å². The molecular formula is C30H46FNO3Si. The third-order valence-electron chi connectivity index (χ3n) is 8.23. The Morgan fingerprint density at radius 3 is 2.06 bits per heavy atom. The predicted molar refractivity (Wildman–Crippen MR) is 149 cm³/mol. The summed E-state index contributed by atoms with van der Waals surface area (Å²) in [6.45, 7) is 16.5. The van der Waals surface area contributed by atoms with Gasteiger partial charge >= 0.3 is 0 Å². The van der Waals surface area contributed by atoms with Crippen molar-refractivity contribution in [1.82, 2.24) is 4.90 Å². The molecule has 1 fully saturated rings. The van der Waals surface area contributed by atoms with Crippen LogP contribution in [0, 0.1) is 11.7 Å². The van der Waals surface area contributed by atoms with Gasteiger partial charge in [0.25, 0.3) is 8.32 Å². The van der Waals surface area contributed by atoms with Crippen molar-refractivity contribution in [2.24, 2.45) is 5.92 Å². The molecule has 36 heavy (non-hydrogen) atoms. The van der Waals surface area contributed by atoms with Crippen LogP contribution >= 0.6 is 0 Å². The first-order valence-electron chi connectivity index (χ1n) is 13.6. The van der Waals surface area contributed by atoms with Crippen molar-refractivity contribution < 1.29 is 18.7 Å². The quantitative estimate of drug-likeness (QED) is 0.317. The van der Waals surface area contributed by atoms with E-state index in [9.17, 15) is 9.50 Å². The average molecular weight is 516 g/mol. The van der Waals surface area contributed by atoms with Crippen molar-refractivity contribution in [1.29, 1.82) is 0 Å². The van der Waals surface area contributed by atoms with Gasteiger partial charge in [0.05, 0.1) is 13.2 Å². The summed E-state index contributed by atoms with van der Waals surface area (Å²) < 4.78 is 26.0. The zero-order chi connectivity index (χ0) is 26.5. The second-order valence-corrected chi connectivity index (χ2v) is 16.7. The van der Waals surface area contributed by atoms with E-state index >= 15 is 0 Å². The smallest absolute Gasteiger partial charge is 0.258 e. The van der Waals surface area contributed by atoms with Crippen molar-refractivity contribution >= 4 is 8.32 Å². The molecule has 1 atom stereocenters. The molecule has 0 radical (unpaired) electrons. The van der Waals surface area contributed by atoms with Crippen molar-refractivity contribution in [2.75, 3.05) is 26.7 Å². The van der Waals surface area contributed by atoms with Gasteiger partial charge in [-0.15, -0.1) is 0 Å². The van der Waals surface area contributed by atoms with Gasteiger partial charge in [0, 0.05) is 12.1 Å². The number of ether oxygens (including phenoxy) is 1. The number of rotatable bonds is 11. The van der Waals surface area contributed by atoms with E-state index in [0.717, 1.165) is 55.8 Å². The van der Waals surface area contributed by atoms with Gasteiger partial charge in [-0.2, -0.15) is 0 Å². The van der Waals surface area contributed by atoms with Gasteiger partial charge in [0.15, 0.2) is 5.75 Å². The Morgan fingerprint density at radius 1 is 0.944 bits per heavy atom. The van der Waals surface area contributed by atoms with Crippen LogP contribution in [0.1, 0.15) is 71.6 Å². The summed E-state index contributed by atoms with van der Waals surface area (Å²) in [5.74, 6) is 1.44. The Morgan fingerprint density at radius 2 is 1.53 bits per heavy atom. The molecule has 1 saturated heterocycles. The van der Waals surface area contributed by atoms with E-state index in [1.807, 2.05) is 30.3 Å². The highest BCUT2D eigenvalue weighted by Gasteiger charge is 2.47. The zero-order valence-electron chi connectivity index (χ0n) is 23.3. The maximum atomic E-state index is 13.2. The van der Waals surface area contributed by atoms with Crippen LogP contribution in [0.2, 0.25) is 16.6 Å². The van der Waals surface area contributed by atoms with E-state index in [4.69, 9.17) is 9.16 Å². The summed E-state index contributed by atoms with van der Waals surface area (Å²) >= 11 is 0. The number of piperidine rings is 1. The van der Waals surface area contributed by atoms with Crippen molar-refractivity contribution in [3.63, 3.8) is 0 Å². The van der Waals surface area contributed by atoms with Crippen molar-refractivity contribution in [3.8, 4) is 11.5 Å². The number of hydrogen-bond donors (Lipinski definition) is 1. The van der Waals surface area contributed by atoms with Gasteiger partial charge in [0.1, 0.15) is 11.6 Å². The highest BCUT2D eigenvalue weighted by atomic mass is 28.4. The Kier molecular flexibility index (Phi) is 10.0. The molecular weight excluding hydrogens is 469 g/mol. The number of methoxy groups -OCH3 is 1. The molecule has 200 valence electrons. The van der Waals surface area contributed by atoms with E-state index < -0.39 is 14.4 Å². The lowest BCUT2D eigenvalue weighted by molar-refractivity contribution is 0.0573. The summed E-state index contributed by atoms with van der Waals surface area (Å²) in [6.07, 6.45) is 2.19. The Hall–Kier alpha value is -1.89. The molecule has 1 unspecified atom stereocenters. The van der Waals surface area contributed by atoms with Gasteiger partial charge in [-0.05, 0) is 78.7 Å². The number of para-hydroxylation sites is 1. The Balaban J connectivity index is 1.70. The van der Waals surface area contributed by atoms with Crippen LogP contribution in [0.4, 0.5) is 4.39 Å². The molecule has 0 spiro atoms. The molecule has 0 aromatic heterocycles. The first-order chi connectivity index (χ1) is 17.1. The summed E-state index contributed by atoms with van der Waals surface area (Å²) in [5, 5.41) is 11.4. The standard InChI is InChI=1S/C30H46FNO3Si/c1-21(2)36(22(3)4,23(5)6)35-28-10-8-9-27(30(28)34-7)29(33)25-16-19-32(20-17-25)18-15-24-11-13-26(31)14-12-24/h8-14,21-23,25,29,33H,15-20H2,1-7H3. The van der Waals surface area contributed by atoms with Crippen LogP contribution in [0.15, 0.2) is 42.5 Å². The second kappa shape index (κ2) is 12.6. The third-order valence-corrected chi connectivity index (χ3v) is 14.2. The van der Waals surface area contributed by atoms with Crippen LogP contribution in [0.5, 0.6) is 11.5 Å². The molecule has 0 aliphatic carbocycles. The maximum Gasteiger partial charge on any atom is 0.258 e.